The molecule has 3 rings (SSSR count). The number of rotatable bonds is 17. The van der Waals surface area contributed by atoms with Gasteiger partial charge < -0.3 is 19.3 Å². The number of hydrogen-bond donors (Lipinski definition) is 1. The van der Waals surface area contributed by atoms with Crippen LogP contribution in [-0.4, -0.2) is 87.0 Å². The molecule has 3 fully saturated rings. The monoisotopic (exact) mass is 694 g/mol. The molecule has 3 saturated heterocycles. The average Bonchev–Trinajstić information content (AvgIpc) is 3.71. The molecular weight excluding hydrogens is 642 g/mol. The van der Waals surface area contributed by atoms with Gasteiger partial charge in [0.2, 0.25) is 0 Å². The summed E-state index contributed by atoms with van der Waals surface area (Å²) in [6.07, 6.45) is -3.99. The predicted octanol–water partition coefficient (Wildman–Crippen LogP) is 5.83. The summed E-state index contributed by atoms with van der Waals surface area (Å²) in [6, 6.07) is 4.14. The minimum Gasteiger partial charge on any atom is -0.390 e. The lowest BCUT2D eigenvalue weighted by molar-refractivity contribution is -0.0473. The summed E-state index contributed by atoms with van der Waals surface area (Å²) in [4.78, 5) is 0. The first kappa shape index (κ1) is 39.5. The Hall–Kier alpha value is -0.960. The zero-order chi connectivity index (χ0) is 34.2. The van der Waals surface area contributed by atoms with E-state index in [1.807, 2.05) is 48.5 Å². The number of phosphoric acid groups is 2. The summed E-state index contributed by atoms with van der Waals surface area (Å²) in [5, 5.41) is 29.1. The van der Waals surface area contributed by atoms with Crippen molar-refractivity contribution < 1.29 is 55.6 Å². The van der Waals surface area contributed by atoms with E-state index in [0.717, 1.165) is 0 Å². The molecule has 0 spiro atoms. The molecule has 46 heavy (non-hydrogen) atoms. The highest BCUT2D eigenvalue weighted by Gasteiger charge is 2.46. The van der Waals surface area contributed by atoms with Crippen LogP contribution in [0, 0.1) is 33.5 Å². The van der Waals surface area contributed by atoms with Crippen molar-refractivity contribution in [2.45, 2.75) is 136 Å². The zero-order valence-electron chi connectivity index (χ0n) is 28.1. The number of phosphoric ester groups is 2. The molecule has 0 amide bonds. The van der Waals surface area contributed by atoms with Gasteiger partial charge in [0.15, 0.2) is 0 Å². The van der Waals surface area contributed by atoms with Crippen molar-refractivity contribution in [3.05, 3.63) is 0 Å². The SMILES string of the molecule is CCC1OCCC1OP(=O)(OCC1OCCC1OP(=O)(OCC1OCCC1O)OC(CC#N)C(C)(C)C)OC(CC#N)C(C)(C)C. The van der Waals surface area contributed by atoms with Crippen molar-refractivity contribution in [1.29, 1.82) is 10.5 Å². The van der Waals surface area contributed by atoms with Crippen LogP contribution in [0.1, 0.15) is 87.0 Å². The van der Waals surface area contributed by atoms with Gasteiger partial charge in [-0.05, 0) is 23.7 Å². The molecule has 3 heterocycles. The summed E-state index contributed by atoms with van der Waals surface area (Å²) in [5.41, 5.74) is -1.15. The van der Waals surface area contributed by atoms with E-state index in [0.29, 0.717) is 32.5 Å². The zero-order valence-corrected chi connectivity index (χ0v) is 29.9. The molecule has 0 radical (unpaired) electrons. The fourth-order valence-electron chi connectivity index (χ4n) is 5.14. The molecule has 264 valence electrons. The Morgan fingerprint density at radius 2 is 1.15 bits per heavy atom. The largest absolute Gasteiger partial charge is 0.475 e. The molecule has 14 nitrogen and oxygen atoms in total. The van der Waals surface area contributed by atoms with Gasteiger partial charge in [0.1, 0.15) is 18.3 Å². The Bertz CT molecular complexity index is 1150. The number of nitrogens with zero attached hydrogens (tertiary/aromatic N) is 2. The molecule has 16 heteroatoms. The second kappa shape index (κ2) is 17.1. The van der Waals surface area contributed by atoms with E-state index in [1.165, 1.54) is 0 Å². The molecule has 3 aliphatic heterocycles. The van der Waals surface area contributed by atoms with E-state index >= 15 is 0 Å². The van der Waals surface area contributed by atoms with E-state index in [2.05, 4.69) is 12.1 Å². The summed E-state index contributed by atoms with van der Waals surface area (Å²) in [5.74, 6) is 0. The van der Waals surface area contributed by atoms with E-state index in [4.69, 9.17) is 41.4 Å². The maximum atomic E-state index is 14.2. The Morgan fingerprint density at radius 1 is 0.739 bits per heavy atom. The van der Waals surface area contributed by atoms with Crippen molar-refractivity contribution in [1.82, 2.24) is 0 Å². The minimum atomic E-state index is -4.38. The number of aliphatic hydroxyl groups excluding tert-OH is 1. The van der Waals surface area contributed by atoms with Crippen LogP contribution < -0.4 is 0 Å². The van der Waals surface area contributed by atoms with Crippen molar-refractivity contribution in [3.8, 4) is 12.1 Å². The number of aliphatic hydroxyl groups is 1. The number of ether oxygens (including phenoxy) is 3. The van der Waals surface area contributed by atoms with E-state index in [-0.39, 0.29) is 45.2 Å². The third-order valence-corrected chi connectivity index (χ3v) is 11.2. The standard InChI is InChI=1S/C30H52N2O12P2/c1-8-22-23(12-17-36-22)41-46(35,44-28(10-15-32)30(5,6)7)40-20-26-24(13-18-38-26)42-45(34,39-19-25-21(33)11-16-37-25)43-27(9-14-31)29(2,3)4/h21-28,33H,8-13,16-20H2,1-7H3. The lowest BCUT2D eigenvalue weighted by Crippen LogP contribution is -2.34. The third kappa shape index (κ3) is 11.6. The maximum Gasteiger partial charge on any atom is 0.475 e. The lowest BCUT2D eigenvalue weighted by atomic mass is 9.88. The van der Waals surface area contributed by atoms with Gasteiger partial charge in [-0.1, -0.05) is 48.5 Å². The molecule has 10 atom stereocenters. The highest BCUT2D eigenvalue weighted by Crippen LogP contribution is 2.57. The van der Waals surface area contributed by atoms with Gasteiger partial charge in [-0.15, -0.1) is 0 Å². The number of nitriles is 2. The van der Waals surface area contributed by atoms with Crippen LogP contribution in [0.2, 0.25) is 0 Å². The van der Waals surface area contributed by atoms with Crippen LogP contribution in [-0.2, 0) is 50.5 Å². The van der Waals surface area contributed by atoms with Gasteiger partial charge in [0.05, 0.1) is 68.7 Å². The van der Waals surface area contributed by atoms with Crippen molar-refractivity contribution in [3.63, 3.8) is 0 Å². The Balaban J connectivity index is 1.80. The molecule has 10 unspecified atom stereocenters. The number of hydrogen-bond acceptors (Lipinski definition) is 14. The first-order valence-electron chi connectivity index (χ1n) is 16.0. The van der Waals surface area contributed by atoms with Gasteiger partial charge in [-0.25, -0.2) is 9.13 Å². The summed E-state index contributed by atoms with van der Waals surface area (Å²) < 4.78 is 81.0. The smallest absolute Gasteiger partial charge is 0.390 e. The summed E-state index contributed by atoms with van der Waals surface area (Å²) in [7, 11) is -8.68. The predicted molar refractivity (Wildman–Crippen MR) is 165 cm³/mol. The molecule has 3 aliphatic rings. The highest BCUT2D eigenvalue weighted by atomic mass is 31.2. The third-order valence-electron chi connectivity index (χ3n) is 8.20. The Kier molecular flexibility index (Phi) is 14.7. The quantitative estimate of drug-likeness (QED) is 0.179. The molecule has 0 aromatic carbocycles. The Labute approximate surface area is 273 Å². The fraction of sp³-hybridized carbons (Fsp3) is 0.933. The highest BCUT2D eigenvalue weighted by molar-refractivity contribution is 7.48. The summed E-state index contributed by atoms with van der Waals surface area (Å²) in [6.45, 7) is 13.4. The maximum absolute atomic E-state index is 14.2. The van der Waals surface area contributed by atoms with Crippen LogP contribution in [0.3, 0.4) is 0 Å². The van der Waals surface area contributed by atoms with Crippen LogP contribution in [0.25, 0.3) is 0 Å². The van der Waals surface area contributed by atoms with Gasteiger partial charge in [0, 0.05) is 32.7 Å². The topological polar surface area (TPSA) is 185 Å². The molecule has 1 N–H and O–H groups in total. The first-order chi connectivity index (χ1) is 21.5. The van der Waals surface area contributed by atoms with Gasteiger partial charge in [0.25, 0.3) is 0 Å². The lowest BCUT2D eigenvalue weighted by Gasteiger charge is -2.34. The normalized spacial score (nSPS) is 31.1. The van der Waals surface area contributed by atoms with E-state index in [9.17, 15) is 24.8 Å². The van der Waals surface area contributed by atoms with Gasteiger partial charge in [-0.2, -0.15) is 10.5 Å². The Morgan fingerprint density at radius 3 is 1.57 bits per heavy atom. The van der Waals surface area contributed by atoms with Crippen molar-refractivity contribution >= 4 is 15.6 Å². The minimum absolute atomic E-state index is 0.0425. The van der Waals surface area contributed by atoms with E-state index in [1.54, 1.807) is 0 Å². The second-order valence-corrected chi connectivity index (χ2v) is 17.1. The summed E-state index contributed by atoms with van der Waals surface area (Å²) >= 11 is 0. The molecular formula is C30H52N2O12P2. The average molecular weight is 695 g/mol. The van der Waals surface area contributed by atoms with Crippen LogP contribution >= 0.6 is 15.6 Å². The molecule has 0 aromatic heterocycles. The molecule has 0 aromatic rings. The van der Waals surface area contributed by atoms with Crippen LogP contribution in [0.15, 0.2) is 0 Å². The second-order valence-electron chi connectivity index (χ2n) is 14.0. The fourth-order valence-corrected chi connectivity index (χ4v) is 8.70. The van der Waals surface area contributed by atoms with Crippen molar-refractivity contribution in [2.75, 3.05) is 33.0 Å². The van der Waals surface area contributed by atoms with Gasteiger partial charge in [-0.3, -0.25) is 27.1 Å². The van der Waals surface area contributed by atoms with Crippen molar-refractivity contribution in [2.24, 2.45) is 10.8 Å². The van der Waals surface area contributed by atoms with Crippen LogP contribution in [0.4, 0.5) is 0 Å². The van der Waals surface area contributed by atoms with E-state index < -0.39 is 69.2 Å². The molecule has 0 bridgehead atoms. The molecule has 0 saturated carbocycles. The first-order valence-corrected chi connectivity index (χ1v) is 18.9. The molecule has 0 aliphatic carbocycles. The van der Waals surface area contributed by atoms with Crippen LogP contribution in [0.5, 0.6) is 0 Å². The van der Waals surface area contributed by atoms with Gasteiger partial charge >= 0.3 is 15.6 Å².